The molecule has 1 amide bonds. The van der Waals surface area contributed by atoms with Gasteiger partial charge in [0.2, 0.25) is 5.88 Å². The lowest BCUT2D eigenvalue weighted by Crippen LogP contribution is -2.29. The maximum absolute atomic E-state index is 13.1. The van der Waals surface area contributed by atoms with Gasteiger partial charge in [0.1, 0.15) is 5.56 Å². The average Bonchev–Trinajstić information content (AvgIpc) is 3.10. The molecule has 0 saturated carbocycles. The molecule has 4 aromatic rings. The summed E-state index contributed by atoms with van der Waals surface area (Å²) in [6.07, 6.45) is 6.52. The summed E-state index contributed by atoms with van der Waals surface area (Å²) in [6.45, 7) is 3.69. The second-order valence-corrected chi connectivity index (χ2v) is 6.65. The van der Waals surface area contributed by atoms with E-state index in [1.807, 2.05) is 25.3 Å². The molecule has 0 saturated heterocycles. The summed E-state index contributed by atoms with van der Waals surface area (Å²) < 4.78 is 8.10. The lowest BCUT2D eigenvalue weighted by atomic mass is 10.1. The highest BCUT2D eigenvalue weighted by Crippen LogP contribution is 2.19. The number of aromatic nitrogens is 4. The van der Waals surface area contributed by atoms with Crippen LogP contribution in [0.3, 0.4) is 0 Å². The van der Waals surface area contributed by atoms with Gasteiger partial charge < -0.3 is 10.1 Å². The van der Waals surface area contributed by atoms with E-state index in [1.165, 1.54) is 17.9 Å². The minimum absolute atomic E-state index is 0.0651. The van der Waals surface area contributed by atoms with Crippen LogP contribution in [0.2, 0.25) is 0 Å². The molecule has 0 spiro atoms. The van der Waals surface area contributed by atoms with Crippen LogP contribution in [0.4, 0.5) is 5.69 Å². The highest BCUT2D eigenvalue weighted by molar-refractivity contribution is 6.07. The summed E-state index contributed by atoms with van der Waals surface area (Å²) in [7, 11) is 1.52. The van der Waals surface area contributed by atoms with E-state index in [2.05, 4.69) is 15.4 Å². The van der Waals surface area contributed by atoms with E-state index in [-0.39, 0.29) is 5.56 Å². The Balaban J connectivity index is 1.72. The number of amides is 1. The fraction of sp³-hybridized carbons (Fsp3) is 0.143. The number of hydrogen-bond acceptors (Lipinski definition) is 5. The van der Waals surface area contributed by atoms with Gasteiger partial charge in [-0.3, -0.25) is 14.2 Å². The first-order chi connectivity index (χ1) is 14.0. The molecule has 0 unspecified atom stereocenters. The van der Waals surface area contributed by atoms with Crippen molar-refractivity contribution in [2.24, 2.45) is 0 Å². The van der Waals surface area contributed by atoms with Gasteiger partial charge in [0.15, 0.2) is 0 Å². The largest absolute Gasteiger partial charge is 0.481 e. The minimum atomic E-state index is -0.486. The first-order valence-corrected chi connectivity index (χ1v) is 8.96. The first-order valence-electron chi connectivity index (χ1n) is 8.96. The standard InChI is InChI=1S/C21H19N5O3/c1-13-6-9-26-17(10-13)16(12-23-26)24-20(27)19-14(2)7-8-25(21(19)28)15-4-5-18(29-3)22-11-15/h4-12H,1-3H3,(H,24,27). The zero-order valence-corrected chi connectivity index (χ0v) is 16.2. The van der Waals surface area contributed by atoms with E-state index >= 15 is 0 Å². The Labute approximate surface area is 166 Å². The molecule has 146 valence electrons. The number of aryl methyl sites for hydroxylation is 2. The lowest BCUT2D eigenvalue weighted by molar-refractivity contribution is 0.102. The average molecular weight is 389 g/mol. The molecule has 0 bridgehead atoms. The molecule has 0 aliphatic heterocycles. The van der Waals surface area contributed by atoms with Gasteiger partial charge in [-0.05, 0) is 49.2 Å². The summed E-state index contributed by atoms with van der Waals surface area (Å²) in [5, 5.41) is 7.05. The highest BCUT2D eigenvalue weighted by Gasteiger charge is 2.18. The molecule has 1 N–H and O–H groups in total. The van der Waals surface area contributed by atoms with Crippen LogP contribution in [0.5, 0.6) is 5.88 Å². The minimum Gasteiger partial charge on any atom is -0.481 e. The van der Waals surface area contributed by atoms with Gasteiger partial charge in [0, 0.05) is 18.5 Å². The summed E-state index contributed by atoms with van der Waals surface area (Å²) in [6, 6.07) is 8.93. The van der Waals surface area contributed by atoms with Crippen LogP contribution in [0, 0.1) is 13.8 Å². The van der Waals surface area contributed by atoms with Crippen molar-refractivity contribution in [3.05, 3.63) is 82.2 Å². The topological polar surface area (TPSA) is 90.5 Å². The van der Waals surface area contributed by atoms with Crippen molar-refractivity contribution in [3.8, 4) is 11.6 Å². The van der Waals surface area contributed by atoms with Crippen molar-refractivity contribution in [1.29, 1.82) is 0 Å². The van der Waals surface area contributed by atoms with Crippen LogP contribution in [0.1, 0.15) is 21.5 Å². The zero-order valence-electron chi connectivity index (χ0n) is 16.2. The van der Waals surface area contributed by atoms with Crippen molar-refractivity contribution in [2.45, 2.75) is 13.8 Å². The second kappa shape index (κ2) is 7.23. The van der Waals surface area contributed by atoms with E-state index < -0.39 is 11.5 Å². The molecule has 8 nitrogen and oxygen atoms in total. The third-order valence-electron chi connectivity index (χ3n) is 4.66. The van der Waals surface area contributed by atoms with Crippen molar-refractivity contribution >= 4 is 17.1 Å². The number of rotatable bonds is 4. The van der Waals surface area contributed by atoms with E-state index in [9.17, 15) is 9.59 Å². The first kappa shape index (κ1) is 18.4. The van der Waals surface area contributed by atoms with Gasteiger partial charge in [-0.25, -0.2) is 9.50 Å². The van der Waals surface area contributed by atoms with Crippen LogP contribution in [-0.2, 0) is 0 Å². The third kappa shape index (κ3) is 3.36. The molecule has 0 fully saturated rings. The number of anilines is 1. The molecule has 0 atom stereocenters. The van der Waals surface area contributed by atoms with Gasteiger partial charge >= 0.3 is 0 Å². The molecule has 4 heterocycles. The van der Waals surface area contributed by atoms with Gasteiger partial charge in [-0.2, -0.15) is 5.10 Å². The van der Waals surface area contributed by atoms with Crippen LogP contribution in [-0.4, -0.2) is 32.2 Å². The summed E-state index contributed by atoms with van der Waals surface area (Å²) in [5.74, 6) is -0.0463. The number of ether oxygens (including phenoxy) is 1. The molecular weight excluding hydrogens is 370 g/mol. The number of nitrogens with zero attached hydrogens (tertiary/aromatic N) is 4. The Hall–Kier alpha value is -3.94. The van der Waals surface area contributed by atoms with Gasteiger partial charge in [0.05, 0.1) is 36.4 Å². The van der Waals surface area contributed by atoms with Gasteiger partial charge in [-0.1, -0.05) is 0 Å². The predicted molar refractivity (Wildman–Crippen MR) is 109 cm³/mol. The van der Waals surface area contributed by atoms with Gasteiger partial charge in [0.25, 0.3) is 11.5 Å². The number of nitrogens with one attached hydrogen (secondary N) is 1. The summed E-state index contributed by atoms with van der Waals surface area (Å²) in [4.78, 5) is 30.1. The fourth-order valence-corrected chi connectivity index (χ4v) is 3.11. The molecule has 0 radical (unpaired) electrons. The number of methoxy groups -OCH3 is 1. The van der Waals surface area contributed by atoms with Crippen molar-refractivity contribution in [3.63, 3.8) is 0 Å². The van der Waals surface area contributed by atoms with Gasteiger partial charge in [-0.15, -0.1) is 0 Å². The predicted octanol–water partition coefficient (Wildman–Crippen LogP) is 2.76. The van der Waals surface area contributed by atoms with Crippen LogP contribution in [0.15, 0.2) is 59.9 Å². The Morgan fingerprint density at radius 2 is 1.93 bits per heavy atom. The Bertz CT molecular complexity index is 1270. The summed E-state index contributed by atoms with van der Waals surface area (Å²) >= 11 is 0. The Kier molecular flexibility index (Phi) is 4.59. The van der Waals surface area contributed by atoms with Crippen LogP contribution in [0.25, 0.3) is 11.2 Å². The lowest BCUT2D eigenvalue weighted by Gasteiger charge is -2.11. The van der Waals surface area contributed by atoms with E-state index in [4.69, 9.17) is 4.74 Å². The molecule has 0 aliphatic rings. The number of fused-ring (bicyclic) bond motifs is 1. The molecule has 4 rings (SSSR count). The molecule has 8 heteroatoms. The van der Waals surface area contributed by atoms with Crippen LogP contribution >= 0.6 is 0 Å². The summed E-state index contributed by atoms with van der Waals surface area (Å²) in [5.41, 5.74) is 3.09. The number of carbonyl (C=O) groups excluding carboxylic acids is 1. The monoisotopic (exact) mass is 389 g/mol. The Morgan fingerprint density at radius 3 is 2.66 bits per heavy atom. The SMILES string of the molecule is COc1ccc(-n2ccc(C)c(C(=O)Nc3cnn4ccc(C)cc34)c2=O)cn1. The quantitative estimate of drug-likeness (QED) is 0.580. The third-order valence-corrected chi connectivity index (χ3v) is 4.66. The van der Waals surface area contributed by atoms with Crippen molar-refractivity contribution in [1.82, 2.24) is 19.2 Å². The molecular formula is C21H19N5O3. The maximum Gasteiger partial charge on any atom is 0.268 e. The molecule has 4 aromatic heterocycles. The highest BCUT2D eigenvalue weighted by atomic mass is 16.5. The number of pyridine rings is 3. The fourth-order valence-electron chi connectivity index (χ4n) is 3.11. The van der Waals surface area contributed by atoms with E-state index in [1.54, 1.807) is 42.0 Å². The molecule has 0 aliphatic carbocycles. The Morgan fingerprint density at radius 1 is 1.10 bits per heavy atom. The van der Waals surface area contributed by atoms with Crippen LogP contribution < -0.4 is 15.6 Å². The maximum atomic E-state index is 13.1. The smallest absolute Gasteiger partial charge is 0.268 e. The van der Waals surface area contributed by atoms with E-state index in [0.29, 0.717) is 22.8 Å². The van der Waals surface area contributed by atoms with Crippen molar-refractivity contribution < 1.29 is 9.53 Å². The number of carbonyl (C=O) groups is 1. The second-order valence-electron chi connectivity index (χ2n) is 6.65. The van der Waals surface area contributed by atoms with Crippen molar-refractivity contribution in [2.75, 3.05) is 12.4 Å². The zero-order chi connectivity index (χ0) is 20.5. The molecule has 29 heavy (non-hydrogen) atoms. The van der Waals surface area contributed by atoms with E-state index in [0.717, 1.165) is 11.1 Å². The number of hydrogen-bond donors (Lipinski definition) is 1. The normalized spacial score (nSPS) is 10.9. The molecule has 0 aromatic carbocycles.